The Morgan fingerprint density at radius 1 is 1.15 bits per heavy atom. The standard InChI is InChI=1S/C11H10S2/c1-9-7-11(13-8-9)5-4-10-3-2-6-12-10/h2-8H,1H3/b5-4+. The van der Waals surface area contributed by atoms with Crippen molar-refractivity contribution >= 4 is 34.8 Å². The second kappa shape index (κ2) is 3.90. The highest BCUT2D eigenvalue weighted by Crippen LogP contribution is 2.18. The molecule has 0 aliphatic carbocycles. The largest absolute Gasteiger partial charge is 0.144 e. The molecule has 0 spiro atoms. The van der Waals surface area contributed by atoms with Gasteiger partial charge in [0, 0.05) is 9.75 Å². The third-order valence-electron chi connectivity index (χ3n) is 1.71. The van der Waals surface area contributed by atoms with Crippen LogP contribution in [0.15, 0.2) is 29.0 Å². The Bertz CT molecular complexity index is 393. The average molecular weight is 206 g/mol. The molecule has 2 aromatic rings. The van der Waals surface area contributed by atoms with Crippen LogP contribution in [0, 0.1) is 6.92 Å². The Morgan fingerprint density at radius 3 is 2.62 bits per heavy atom. The summed E-state index contributed by atoms with van der Waals surface area (Å²) < 4.78 is 0. The maximum atomic E-state index is 2.20. The smallest absolute Gasteiger partial charge is 0.0273 e. The molecule has 0 amide bonds. The van der Waals surface area contributed by atoms with Crippen molar-refractivity contribution in [2.75, 3.05) is 0 Å². The summed E-state index contributed by atoms with van der Waals surface area (Å²) in [7, 11) is 0. The van der Waals surface area contributed by atoms with Crippen molar-refractivity contribution in [3.8, 4) is 0 Å². The lowest BCUT2D eigenvalue weighted by atomic mass is 10.3. The molecular weight excluding hydrogens is 196 g/mol. The van der Waals surface area contributed by atoms with E-state index in [2.05, 4.69) is 48.0 Å². The number of hydrogen-bond acceptors (Lipinski definition) is 2. The van der Waals surface area contributed by atoms with Crippen molar-refractivity contribution in [3.05, 3.63) is 44.3 Å². The highest BCUT2D eigenvalue weighted by atomic mass is 32.1. The predicted molar refractivity (Wildman–Crippen MR) is 62.3 cm³/mol. The van der Waals surface area contributed by atoms with Gasteiger partial charge in [0.25, 0.3) is 0 Å². The predicted octanol–water partition coefficient (Wildman–Crippen LogP) is 4.29. The fraction of sp³-hybridized carbons (Fsp3) is 0.0909. The highest BCUT2D eigenvalue weighted by molar-refractivity contribution is 7.11. The topological polar surface area (TPSA) is 0 Å². The Balaban J connectivity index is 2.14. The molecule has 0 bridgehead atoms. The van der Waals surface area contributed by atoms with Gasteiger partial charge in [0.1, 0.15) is 0 Å². The van der Waals surface area contributed by atoms with Gasteiger partial charge >= 0.3 is 0 Å². The monoisotopic (exact) mass is 206 g/mol. The molecule has 2 rings (SSSR count). The lowest BCUT2D eigenvalue weighted by molar-refractivity contribution is 1.55. The molecule has 0 aliphatic rings. The molecule has 0 aliphatic heterocycles. The quantitative estimate of drug-likeness (QED) is 0.687. The van der Waals surface area contributed by atoms with E-state index in [9.17, 15) is 0 Å². The first-order chi connectivity index (χ1) is 6.34. The van der Waals surface area contributed by atoms with Crippen molar-refractivity contribution in [3.63, 3.8) is 0 Å². The first-order valence-corrected chi connectivity index (χ1v) is 5.87. The molecule has 0 saturated carbocycles. The number of aryl methyl sites for hydroxylation is 1. The molecule has 0 atom stereocenters. The van der Waals surface area contributed by atoms with Gasteiger partial charge in [0.05, 0.1) is 0 Å². The third kappa shape index (κ3) is 2.29. The van der Waals surface area contributed by atoms with Crippen LogP contribution < -0.4 is 0 Å². The molecule has 0 radical (unpaired) electrons. The molecule has 66 valence electrons. The van der Waals surface area contributed by atoms with E-state index in [1.54, 1.807) is 22.7 Å². The molecule has 0 unspecified atom stereocenters. The lowest BCUT2D eigenvalue weighted by Gasteiger charge is -1.82. The summed E-state index contributed by atoms with van der Waals surface area (Å²) in [5.41, 5.74) is 1.34. The summed E-state index contributed by atoms with van der Waals surface area (Å²) in [5, 5.41) is 4.27. The summed E-state index contributed by atoms with van der Waals surface area (Å²) in [5.74, 6) is 0. The van der Waals surface area contributed by atoms with Crippen LogP contribution in [0.25, 0.3) is 12.2 Å². The van der Waals surface area contributed by atoms with E-state index < -0.39 is 0 Å². The second-order valence-corrected chi connectivity index (χ2v) is 4.80. The zero-order valence-corrected chi connectivity index (χ0v) is 8.99. The lowest BCUT2D eigenvalue weighted by Crippen LogP contribution is -1.59. The molecule has 2 heteroatoms. The molecule has 2 heterocycles. The van der Waals surface area contributed by atoms with E-state index in [1.165, 1.54) is 15.3 Å². The molecule has 0 nitrogen and oxygen atoms in total. The molecule has 2 aromatic heterocycles. The number of rotatable bonds is 2. The normalized spacial score (nSPS) is 11.2. The number of thiophene rings is 2. The Morgan fingerprint density at radius 2 is 2.00 bits per heavy atom. The van der Waals surface area contributed by atoms with Gasteiger partial charge in [-0.25, -0.2) is 0 Å². The van der Waals surface area contributed by atoms with Gasteiger partial charge in [-0.05, 0) is 47.5 Å². The van der Waals surface area contributed by atoms with Crippen LogP contribution in [-0.2, 0) is 0 Å². The molecule has 0 N–H and O–H groups in total. The summed E-state index contributed by atoms with van der Waals surface area (Å²) in [6.45, 7) is 2.12. The zero-order valence-electron chi connectivity index (χ0n) is 7.36. The minimum Gasteiger partial charge on any atom is -0.144 e. The van der Waals surface area contributed by atoms with E-state index >= 15 is 0 Å². The Hall–Kier alpha value is -0.860. The van der Waals surface area contributed by atoms with Crippen LogP contribution in [-0.4, -0.2) is 0 Å². The van der Waals surface area contributed by atoms with E-state index in [4.69, 9.17) is 0 Å². The molecule has 13 heavy (non-hydrogen) atoms. The maximum absolute atomic E-state index is 2.20. The fourth-order valence-electron chi connectivity index (χ4n) is 1.09. The van der Waals surface area contributed by atoms with Gasteiger partial charge in [-0.15, -0.1) is 22.7 Å². The maximum Gasteiger partial charge on any atom is 0.0273 e. The van der Waals surface area contributed by atoms with Crippen LogP contribution in [0.2, 0.25) is 0 Å². The van der Waals surface area contributed by atoms with Crippen LogP contribution in [0.3, 0.4) is 0 Å². The minimum atomic E-state index is 1.31. The van der Waals surface area contributed by atoms with E-state index in [-0.39, 0.29) is 0 Å². The number of hydrogen-bond donors (Lipinski definition) is 0. The van der Waals surface area contributed by atoms with Crippen LogP contribution in [0.5, 0.6) is 0 Å². The molecular formula is C11H10S2. The van der Waals surface area contributed by atoms with Crippen molar-refractivity contribution in [1.29, 1.82) is 0 Å². The summed E-state index contributed by atoms with van der Waals surface area (Å²) in [4.78, 5) is 2.64. The van der Waals surface area contributed by atoms with Crippen LogP contribution in [0.4, 0.5) is 0 Å². The van der Waals surface area contributed by atoms with Crippen LogP contribution in [0.1, 0.15) is 15.3 Å². The molecule has 0 saturated heterocycles. The van der Waals surface area contributed by atoms with E-state index in [1.807, 2.05) is 0 Å². The van der Waals surface area contributed by atoms with Crippen molar-refractivity contribution < 1.29 is 0 Å². The van der Waals surface area contributed by atoms with Gasteiger partial charge in [-0.3, -0.25) is 0 Å². The summed E-state index contributed by atoms with van der Waals surface area (Å²) >= 11 is 3.56. The highest BCUT2D eigenvalue weighted by Gasteiger charge is 1.91. The molecule has 0 aromatic carbocycles. The second-order valence-electron chi connectivity index (χ2n) is 2.88. The Kier molecular flexibility index (Phi) is 2.62. The Labute approximate surface area is 86.2 Å². The van der Waals surface area contributed by atoms with Crippen molar-refractivity contribution in [2.45, 2.75) is 6.92 Å². The van der Waals surface area contributed by atoms with Gasteiger partial charge in [0.2, 0.25) is 0 Å². The van der Waals surface area contributed by atoms with Gasteiger partial charge in [0.15, 0.2) is 0 Å². The van der Waals surface area contributed by atoms with Gasteiger partial charge in [-0.2, -0.15) is 0 Å². The van der Waals surface area contributed by atoms with E-state index in [0.29, 0.717) is 0 Å². The van der Waals surface area contributed by atoms with Gasteiger partial charge < -0.3 is 0 Å². The minimum absolute atomic E-state index is 1.31. The van der Waals surface area contributed by atoms with Crippen molar-refractivity contribution in [2.24, 2.45) is 0 Å². The van der Waals surface area contributed by atoms with Crippen molar-refractivity contribution in [1.82, 2.24) is 0 Å². The SMILES string of the molecule is Cc1csc(/C=C/c2cccs2)c1. The fourth-order valence-corrected chi connectivity index (χ4v) is 2.50. The van der Waals surface area contributed by atoms with E-state index in [0.717, 1.165) is 0 Å². The average Bonchev–Trinajstić information content (AvgIpc) is 2.71. The molecule has 0 fully saturated rings. The third-order valence-corrected chi connectivity index (χ3v) is 3.56. The summed E-state index contributed by atoms with van der Waals surface area (Å²) in [6.07, 6.45) is 4.33. The summed E-state index contributed by atoms with van der Waals surface area (Å²) in [6, 6.07) is 6.40. The first-order valence-electron chi connectivity index (χ1n) is 4.11. The van der Waals surface area contributed by atoms with Gasteiger partial charge in [-0.1, -0.05) is 6.07 Å². The first kappa shape index (κ1) is 8.73. The zero-order chi connectivity index (χ0) is 9.10. The van der Waals surface area contributed by atoms with Crippen LogP contribution >= 0.6 is 22.7 Å².